The van der Waals surface area contributed by atoms with Crippen LogP contribution in [0.5, 0.6) is 0 Å². The van der Waals surface area contributed by atoms with Crippen molar-refractivity contribution in [1.82, 2.24) is 0 Å². The van der Waals surface area contributed by atoms with Crippen molar-refractivity contribution in [3.8, 4) is 0 Å². The molecule has 0 aliphatic carbocycles. The Balaban J connectivity index is 2.09. The quantitative estimate of drug-likeness (QED) is 0.814. The molecular weight excluding hydrogens is 277 g/mol. The molecule has 1 nitrogen and oxygen atoms in total. The summed E-state index contributed by atoms with van der Waals surface area (Å²) in [5.74, 6) is -1.96. The topological polar surface area (TPSA) is 12.0 Å². The van der Waals surface area contributed by atoms with Crippen molar-refractivity contribution in [2.75, 3.05) is 5.32 Å². The zero-order valence-corrected chi connectivity index (χ0v) is 10.1. The minimum atomic E-state index is -4.42. The van der Waals surface area contributed by atoms with Crippen LogP contribution in [-0.2, 0) is 12.7 Å². The summed E-state index contributed by atoms with van der Waals surface area (Å²) in [4.78, 5) is 0. The van der Waals surface area contributed by atoms with Crippen molar-refractivity contribution in [1.29, 1.82) is 0 Å². The molecule has 0 bridgehead atoms. The highest BCUT2D eigenvalue weighted by Gasteiger charge is 2.30. The number of hydrogen-bond acceptors (Lipinski definition) is 1. The second-order valence-corrected chi connectivity index (χ2v) is 4.18. The van der Waals surface area contributed by atoms with E-state index in [0.717, 1.165) is 24.3 Å². The van der Waals surface area contributed by atoms with E-state index in [4.69, 9.17) is 0 Å². The van der Waals surface area contributed by atoms with Crippen LogP contribution >= 0.6 is 0 Å². The fourth-order valence-corrected chi connectivity index (χ4v) is 1.66. The number of hydrogen-bond donors (Lipinski definition) is 1. The van der Waals surface area contributed by atoms with Gasteiger partial charge in [0.15, 0.2) is 11.6 Å². The molecule has 0 radical (unpaired) electrons. The minimum Gasteiger partial charge on any atom is -0.381 e. The van der Waals surface area contributed by atoms with Crippen molar-refractivity contribution < 1.29 is 22.0 Å². The Morgan fingerprint density at radius 3 is 2.30 bits per heavy atom. The Labute approximate surface area is 112 Å². The normalized spacial score (nSPS) is 11.4. The smallest absolute Gasteiger partial charge is 0.381 e. The Hall–Kier alpha value is -2.11. The predicted octanol–water partition coefficient (Wildman–Crippen LogP) is 4.60. The van der Waals surface area contributed by atoms with Crippen LogP contribution in [0.2, 0.25) is 0 Å². The van der Waals surface area contributed by atoms with Crippen LogP contribution in [0.4, 0.5) is 27.6 Å². The summed E-state index contributed by atoms with van der Waals surface area (Å²) in [7, 11) is 0. The van der Waals surface area contributed by atoms with Gasteiger partial charge in [-0.2, -0.15) is 13.2 Å². The van der Waals surface area contributed by atoms with Crippen LogP contribution in [0.1, 0.15) is 11.1 Å². The largest absolute Gasteiger partial charge is 0.416 e. The Morgan fingerprint density at radius 2 is 1.65 bits per heavy atom. The number of nitrogens with one attached hydrogen (secondary N) is 1. The Bertz CT molecular complexity index is 607. The average Bonchev–Trinajstić information content (AvgIpc) is 2.39. The lowest BCUT2D eigenvalue weighted by atomic mass is 10.1. The highest BCUT2D eigenvalue weighted by molar-refractivity contribution is 5.47. The molecule has 0 saturated carbocycles. The molecule has 0 spiro atoms. The molecular formula is C14H10F5N. The molecule has 0 aliphatic rings. The van der Waals surface area contributed by atoms with Gasteiger partial charge in [-0.15, -0.1) is 0 Å². The van der Waals surface area contributed by atoms with Gasteiger partial charge in [-0.25, -0.2) is 8.78 Å². The Kier molecular flexibility index (Phi) is 3.92. The third-order valence-electron chi connectivity index (χ3n) is 2.67. The van der Waals surface area contributed by atoms with E-state index in [1.165, 1.54) is 18.2 Å². The Morgan fingerprint density at radius 1 is 0.900 bits per heavy atom. The fraction of sp³-hybridized carbons (Fsp3) is 0.143. The van der Waals surface area contributed by atoms with Gasteiger partial charge in [0.1, 0.15) is 0 Å². The van der Waals surface area contributed by atoms with E-state index in [-0.39, 0.29) is 12.2 Å². The molecule has 0 unspecified atom stereocenters. The van der Waals surface area contributed by atoms with E-state index in [2.05, 4.69) is 5.32 Å². The maximum absolute atomic E-state index is 13.0. The van der Waals surface area contributed by atoms with Crippen LogP contribution in [0.15, 0.2) is 42.5 Å². The fourth-order valence-electron chi connectivity index (χ4n) is 1.66. The molecule has 0 atom stereocenters. The van der Waals surface area contributed by atoms with Crippen LogP contribution in [0.3, 0.4) is 0 Å². The molecule has 2 rings (SSSR count). The van der Waals surface area contributed by atoms with Gasteiger partial charge >= 0.3 is 6.18 Å². The van der Waals surface area contributed by atoms with Gasteiger partial charge in [-0.3, -0.25) is 0 Å². The number of anilines is 1. The van der Waals surface area contributed by atoms with Gasteiger partial charge in [-0.05, 0) is 35.9 Å². The zero-order valence-electron chi connectivity index (χ0n) is 10.1. The molecule has 0 saturated heterocycles. The number of rotatable bonds is 3. The van der Waals surface area contributed by atoms with Crippen molar-refractivity contribution in [2.45, 2.75) is 12.7 Å². The van der Waals surface area contributed by atoms with E-state index in [1.54, 1.807) is 0 Å². The van der Waals surface area contributed by atoms with Crippen LogP contribution in [-0.4, -0.2) is 0 Å². The van der Waals surface area contributed by atoms with Crippen LogP contribution in [0.25, 0.3) is 0 Å². The average molecular weight is 287 g/mol. The van der Waals surface area contributed by atoms with E-state index in [1.807, 2.05) is 0 Å². The molecule has 106 valence electrons. The second-order valence-electron chi connectivity index (χ2n) is 4.18. The van der Waals surface area contributed by atoms with Gasteiger partial charge in [0.25, 0.3) is 0 Å². The van der Waals surface area contributed by atoms with E-state index in [0.29, 0.717) is 5.56 Å². The molecule has 2 aromatic carbocycles. The van der Waals surface area contributed by atoms with Gasteiger partial charge < -0.3 is 5.32 Å². The molecule has 6 heteroatoms. The maximum atomic E-state index is 13.0. The monoisotopic (exact) mass is 287 g/mol. The van der Waals surface area contributed by atoms with Crippen molar-refractivity contribution in [3.05, 3.63) is 65.2 Å². The minimum absolute atomic E-state index is 0.0957. The number of alkyl halides is 3. The van der Waals surface area contributed by atoms with E-state index in [9.17, 15) is 22.0 Å². The third-order valence-corrected chi connectivity index (χ3v) is 2.67. The second kappa shape index (κ2) is 5.48. The third kappa shape index (κ3) is 3.46. The van der Waals surface area contributed by atoms with Gasteiger partial charge in [0, 0.05) is 12.2 Å². The highest BCUT2D eigenvalue weighted by atomic mass is 19.4. The summed E-state index contributed by atoms with van der Waals surface area (Å²) in [5.41, 5.74) is -0.0846. The number of benzene rings is 2. The van der Waals surface area contributed by atoms with Gasteiger partial charge in [0.2, 0.25) is 0 Å². The zero-order chi connectivity index (χ0) is 14.8. The van der Waals surface area contributed by atoms with Crippen LogP contribution < -0.4 is 5.32 Å². The molecule has 1 N–H and O–H groups in total. The first-order chi connectivity index (χ1) is 9.36. The molecule has 20 heavy (non-hydrogen) atoms. The van der Waals surface area contributed by atoms with Crippen molar-refractivity contribution in [2.24, 2.45) is 0 Å². The van der Waals surface area contributed by atoms with E-state index >= 15 is 0 Å². The first-order valence-corrected chi connectivity index (χ1v) is 5.71. The molecule has 0 heterocycles. The predicted molar refractivity (Wildman–Crippen MR) is 65.1 cm³/mol. The van der Waals surface area contributed by atoms with Crippen LogP contribution in [0, 0.1) is 11.6 Å². The summed E-state index contributed by atoms with van der Waals surface area (Å²) in [6.45, 7) is 0.0957. The first kappa shape index (κ1) is 14.3. The molecule has 0 aliphatic heterocycles. The number of halogens is 5. The summed E-state index contributed by atoms with van der Waals surface area (Å²) in [5, 5.41) is 2.73. The molecule has 0 amide bonds. The SMILES string of the molecule is Fc1ccc(CNc2cccc(C(F)(F)F)c2)cc1F. The highest BCUT2D eigenvalue weighted by Crippen LogP contribution is 2.30. The maximum Gasteiger partial charge on any atom is 0.416 e. The molecule has 0 fully saturated rings. The lowest BCUT2D eigenvalue weighted by Crippen LogP contribution is -2.06. The van der Waals surface area contributed by atoms with Crippen molar-refractivity contribution >= 4 is 5.69 Å². The summed E-state index contributed by atoms with van der Waals surface area (Å²) < 4.78 is 63.2. The van der Waals surface area contributed by atoms with Gasteiger partial charge in [-0.1, -0.05) is 12.1 Å². The van der Waals surface area contributed by atoms with E-state index < -0.39 is 23.4 Å². The first-order valence-electron chi connectivity index (χ1n) is 5.71. The standard InChI is InChI=1S/C14H10F5N/c15-12-5-4-9(6-13(12)16)8-20-11-3-1-2-10(7-11)14(17,18)19/h1-7,20H,8H2. The van der Waals surface area contributed by atoms with Gasteiger partial charge in [0.05, 0.1) is 5.56 Å². The summed E-state index contributed by atoms with van der Waals surface area (Å²) in [6.07, 6.45) is -4.42. The lowest BCUT2D eigenvalue weighted by Gasteiger charge is -2.10. The molecule has 2 aromatic rings. The summed E-state index contributed by atoms with van der Waals surface area (Å²) >= 11 is 0. The molecule has 0 aromatic heterocycles. The van der Waals surface area contributed by atoms with Crippen molar-refractivity contribution in [3.63, 3.8) is 0 Å². The summed E-state index contributed by atoms with van der Waals surface area (Å²) in [6, 6.07) is 7.99. The lowest BCUT2D eigenvalue weighted by molar-refractivity contribution is -0.137.